The smallest absolute Gasteiger partial charge is 0.291 e. The van der Waals surface area contributed by atoms with Gasteiger partial charge in [0.15, 0.2) is 5.76 Å². The second kappa shape index (κ2) is 9.83. The van der Waals surface area contributed by atoms with Gasteiger partial charge in [-0.2, -0.15) is 5.10 Å². The van der Waals surface area contributed by atoms with E-state index in [1.807, 2.05) is 54.9 Å². The first-order valence-electron chi connectivity index (χ1n) is 10.4. The van der Waals surface area contributed by atoms with Crippen molar-refractivity contribution in [2.24, 2.45) is 0 Å². The van der Waals surface area contributed by atoms with Crippen LogP contribution in [0.1, 0.15) is 33.3 Å². The number of hydrogen-bond donors (Lipinski definition) is 1. The maximum Gasteiger partial charge on any atom is 0.291 e. The number of anilines is 1. The predicted octanol–water partition coefficient (Wildman–Crippen LogP) is 5.63. The van der Waals surface area contributed by atoms with Gasteiger partial charge in [0.25, 0.3) is 5.91 Å². The zero-order chi connectivity index (χ0) is 23.4. The summed E-state index contributed by atoms with van der Waals surface area (Å²) in [5.41, 5.74) is 3.15. The van der Waals surface area contributed by atoms with Gasteiger partial charge in [-0.3, -0.25) is 9.48 Å². The first-order valence-corrected chi connectivity index (χ1v) is 10.8. The first-order chi connectivity index (χ1) is 15.9. The number of rotatable bonds is 8. The minimum absolute atomic E-state index is 0.195. The molecule has 2 aromatic heterocycles. The Balaban J connectivity index is 1.41. The molecule has 0 spiro atoms. The molecule has 7 nitrogen and oxygen atoms in total. The number of carbonyl (C=O) groups is 1. The quantitative estimate of drug-likeness (QED) is 0.364. The number of aromatic nitrogens is 2. The van der Waals surface area contributed by atoms with Crippen LogP contribution < -0.4 is 14.8 Å². The Bertz CT molecular complexity index is 1260. The van der Waals surface area contributed by atoms with E-state index in [2.05, 4.69) is 10.4 Å². The summed E-state index contributed by atoms with van der Waals surface area (Å²) in [6.07, 6.45) is 0. The molecule has 0 bridgehead atoms. The maximum atomic E-state index is 12.8. The van der Waals surface area contributed by atoms with Crippen LogP contribution in [0.15, 0.2) is 65.1 Å². The molecule has 4 aromatic rings. The fourth-order valence-electron chi connectivity index (χ4n) is 3.40. The third-order valence-corrected chi connectivity index (χ3v) is 5.59. The molecular weight excluding hydrogens is 442 g/mol. The Morgan fingerprint density at radius 1 is 1.06 bits per heavy atom. The van der Waals surface area contributed by atoms with Gasteiger partial charge in [-0.1, -0.05) is 29.8 Å². The minimum atomic E-state index is -0.353. The van der Waals surface area contributed by atoms with E-state index in [-0.39, 0.29) is 18.3 Å². The summed E-state index contributed by atoms with van der Waals surface area (Å²) in [4.78, 5) is 12.8. The van der Waals surface area contributed by atoms with E-state index in [1.54, 1.807) is 31.4 Å². The molecule has 0 unspecified atom stereocenters. The number of aryl methyl sites for hydroxylation is 1. The number of nitrogens with zero attached hydrogens (tertiary/aromatic N) is 2. The number of carbonyl (C=O) groups excluding carboxylic acids is 1. The van der Waals surface area contributed by atoms with E-state index in [1.165, 1.54) is 0 Å². The average molecular weight is 466 g/mol. The number of ether oxygens (including phenoxy) is 2. The summed E-state index contributed by atoms with van der Waals surface area (Å²) in [5, 5.41) is 8.15. The third-order valence-electron chi connectivity index (χ3n) is 5.22. The van der Waals surface area contributed by atoms with E-state index in [0.29, 0.717) is 34.5 Å². The molecule has 1 amide bonds. The molecule has 0 saturated carbocycles. The van der Waals surface area contributed by atoms with Gasteiger partial charge in [-0.25, -0.2) is 0 Å². The Kier molecular flexibility index (Phi) is 6.70. The van der Waals surface area contributed by atoms with Gasteiger partial charge < -0.3 is 19.2 Å². The number of methoxy groups -OCH3 is 1. The highest BCUT2D eigenvalue weighted by Crippen LogP contribution is 2.24. The molecule has 0 fully saturated rings. The normalized spacial score (nSPS) is 10.8. The topological polar surface area (TPSA) is 78.5 Å². The molecule has 0 atom stereocenters. The van der Waals surface area contributed by atoms with Crippen LogP contribution >= 0.6 is 11.6 Å². The van der Waals surface area contributed by atoms with Gasteiger partial charge in [0.2, 0.25) is 0 Å². The van der Waals surface area contributed by atoms with E-state index >= 15 is 0 Å². The van der Waals surface area contributed by atoms with Crippen LogP contribution in [0.5, 0.6) is 11.5 Å². The first kappa shape index (κ1) is 22.5. The minimum Gasteiger partial charge on any atom is -0.497 e. The van der Waals surface area contributed by atoms with Crippen molar-refractivity contribution >= 4 is 23.2 Å². The third kappa shape index (κ3) is 5.21. The van der Waals surface area contributed by atoms with Crippen LogP contribution in [-0.2, 0) is 13.2 Å². The van der Waals surface area contributed by atoms with Crippen molar-refractivity contribution in [2.45, 2.75) is 27.0 Å². The summed E-state index contributed by atoms with van der Waals surface area (Å²) in [5.74, 6) is 1.81. The van der Waals surface area contributed by atoms with Crippen LogP contribution in [0.3, 0.4) is 0 Å². The highest BCUT2D eigenvalue weighted by molar-refractivity contribution is 6.31. The van der Waals surface area contributed by atoms with Crippen molar-refractivity contribution in [1.82, 2.24) is 9.78 Å². The van der Waals surface area contributed by atoms with Crippen molar-refractivity contribution < 1.29 is 18.7 Å². The number of hydrogen-bond acceptors (Lipinski definition) is 5. The zero-order valence-corrected chi connectivity index (χ0v) is 19.3. The van der Waals surface area contributed by atoms with Crippen molar-refractivity contribution in [3.8, 4) is 11.5 Å². The number of amides is 1. The summed E-state index contributed by atoms with van der Waals surface area (Å²) >= 11 is 6.28. The lowest BCUT2D eigenvalue weighted by atomic mass is 10.2. The van der Waals surface area contributed by atoms with E-state index in [4.69, 9.17) is 25.5 Å². The van der Waals surface area contributed by atoms with Crippen molar-refractivity contribution in [1.29, 1.82) is 0 Å². The molecule has 0 aliphatic carbocycles. The van der Waals surface area contributed by atoms with E-state index in [0.717, 1.165) is 17.0 Å². The van der Waals surface area contributed by atoms with Gasteiger partial charge in [-0.15, -0.1) is 0 Å². The van der Waals surface area contributed by atoms with Crippen LogP contribution in [0.25, 0.3) is 0 Å². The Labute approximate surface area is 196 Å². The Morgan fingerprint density at radius 3 is 2.52 bits per heavy atom. The van der Waals surface area contributed by atoms with Gasteiger partial charge in [0, 0.05) is 5.02 Å². The molecule has 0 radical (unpaired) electrons. The number of furan rings is 1. The molecule has 33 heavy (non-hydrogen) atoms. The second-order valence-electron chi connectivity index (χ2n) is 7.48. The largest absolute Gasteiger partial charge is 0.497 e. The van der Waals surface area contributed by atoms with Crippen LogP contribution in [-0.4, -0.2) is 22.8 Å². The summed E-state index contributed by atoms with van der Waals surface area (Å²) in [6, 6.07) is 18.2. The van der Waals surface area contributed by atoms with Crippen molar-refractivity contribution in [3.63, 3.8) is 0 Å². The van der Waals surface area contributed by atoms with Crippen LogP contribution in [0, 0.1) is 13.8 Å². The van der Waals surface area contributed by atoms with E-state index < -0.39 is 0 Å². The van der Waals surface area contributed by atoms with Gasteiger partial charge in [0.05, 0.1) is 30.7 Å². The standard InChI is InChI=1S/C25H24ClN3O4/c1-16-24(17(2)29(28-16)14-18-6-4-5-7-22(18)26)27-25(30)23-13-12-21(33-23)15-32-20-10-8-19(31-3)9-11-20/h4-13H,14-15H2,1-3H3,(H,27,30). The predicted molar refractivity (Wildman–Crippen MR) is 126 cm³/mol. The van der Waals surface area contributed by atoms with Gasteiger partial charge in [0.1, 0.15) is 23.9 Å². The zero-order valence-electron chi connectivity index (χ0n) is 18.6. The molecule has 1 N–H and O–H groups in total. The SMILES string of the molecule is COc1ccc(OCc2ccc(C(=O)Nc3c(C)nn(Cc4ccccc4Cl)c3C)o2)cc1. The summed E-state index contributed by atoms with van der Waals surface area (Å²) in [7, 11) is 1.61. The molecule has 2 heterocycles. The molecule has 0 saturated heterocycles. The van der Waals surface area contributed by atoms with Gasteiger partial charge in [-0.05, 0) is 61.9 Å². The lowest BCUT2D eigenvalue weighted by Crippen LogP contribution is -2.12. The molecule has 0 aliphatic heterocycles. The van der Waals surface area contributed by atoms with Crippen LogP contribution in [0.2, 0.25) is 5.02 Å². The number of benzene rings is 2. The number of nitrogens with one attached hydrogen (secondary N) is 1. The fraction of sp³-hybridized carbons (Fsp3) is 0.200. The van der Waals surface area contributed by atoms with Crippen molar-refractivity contribution in [2.75, 3.05) is 12.4 Å². The number of halogens is 1. The molecule has 170 valence electrons. The molecule has 0 aliphatic rings. The lowest BCUT2D eigenvalue weighted by molar-refractivity contribution is 0.0992. The van der Waals surface area contributed by atoms with E-state index in [9.17, 15) is 4.79 Å². The summed E-state index contributed by atoms with van der Waals surface area (Å²) < 4.78 is 18.3. The maximum absolute atomic E-state index is 12.8. The summed E-state index contributed by atoms with van der Waals surface area (Å²) in [6.45, 7) is 4.47. The second-order valence-corrected chi connectivity index (χ2v) is 7.89. The average Bonchev–Trinajstić information content (AvgIpc) is 3.40. The lowest BCUT2D eigenvalue weighted by Gasteiger charge is -2.08. The molecular formula is C25H24ClN3O4. The Morgan fingerprint density at radius 2 is 1.79 bits per heavy atom. The molecule has 4 rings (SSSR count). The monoisotopic (exact) mass is 465 g/mol. The highest BCUT2D eigenvalue weighted by Gasteiger charge is 2.18. The fourth-order valence-corrected chi connectivity index (χ4v) is 3.59. The Hall–Kier alpha value is -3.71. The molecule has 2 aromatic carbocycles. The molecule has 8 heteroatoms. The highest BCUT2D eigenvalue weighted by atomic mass is 35.5. The van der Waals surface area contributed by atoms with Crippen molar-refractivity contribution in [3.05, 3.63) is 94.2 Å². The van der Waals surface area contributed by atoms with Crippen LogP contribution in [0.4, 0.5) is 5.69 Å². The van der Waals surface area contributed by atoms with Gasteiger partial charge >= 0.3 is 0 Å².